The highest BCUT2D eigenvalue weighted by molar-refractivity contribution is 7.01. The molecule has 4 heterocycles. The van der Waals surface area contributed by atoms with Gasteiger partial charge in [0.15, 0.2) is 0 Å². The first-order valence-electron chi connectivity index (χ1n) is 12.3. The van der Waals surface area contributed by atoms with Crippen LogP contribution in [-0.2, 0) is 0 Å². The van der Waals surface area contributed by atoms with Crippen molar-refractivity contribution >= 4 is 45.0 Å². The molecule has 0 unspecified atom stereocenters. The van der Waals surface area contributed by atoms with Crippen LogP contribution in [0.5, 0.6) is 0 Å². The fourth-order valence-corrected chi connectivity index (χ4v) is 6.80. The van der Waals surface area contributed by atoms with E-state index < -0.39 is 0 Å². The number of benzene rings is 4. The highest BCUT2D eigenvalue weighted by atomic mass is 16.3. The monoisotopic (exact) mass is 450 g/mol. The molecule has 35 heavy (non-hydrogen) atoms. The van der Waals surface area contributed by atoms with Gasteiger partial charge in [-0.15, -0.1) is 0 Å². The van der Waals surface area contributed by atoms with Crippen LogP contribution < -0.4 is 16.4 Å². The first kappa shape index (κ1) is 19.3. The number of hydrogen-bond donors (Lipinski definition) is 0. The molecule has 0 radical (unpaired) electrons. The van der Waals surface area contributed by atoms with E-state index in [1.165, 1.54) is 71.7 Å². The average molecular weight is 450 g/mol. The van der Waals surface area contributed by atoms with Crippen molar-refractivity contribution in [2.75, 3.05) is 0 Å². The maximum absolute atomic E-state index is 6.41. The summed E-state index contributed by atoms with van der Waals surface area (Å²) in [6.45, 7) is 8.72. The van der Waals surface area contributed by atoms with Crippen molar-refractivity contribution in [1.29, 1.82) is 0 Å². The molecular weight excluding hydrogens is 427 g/mol. The third-order valence-corrected chi connectivity index (χ3v) is 8.02. The van der Waals surface area contributed by atoms with E-state index in [0.29, 0.717) is 0 Å². The summed E-state index contributed by atoms with van der Waals surface area (Å²) in [5.41, 5.74) is 16.1. The number of aryl methyl sites for hydroxylation is 4. The zero-order valence-corrected chi connectivity index (χ0v) is 20.2. The molecule has 6 aromatic rings. The van der Waals surface area contributed by atoms with Crippen LogP contribution in [0.15, 0.2) is 75.6 Å². The molecule has 166 valence electrons. The van der Waals surface area contributed by atoms with Crippen molar-refractivity contribution in [3.8, 4) is 33.4 Å². The third-order valence-electron chi connectivity index (χ3n) is 8.02. The predicted molar refractivity (Wildman–Crippen MR) is 146 cm³/mol. The van der Waals surface area contributed by atoms with E-state index in [0.717, 1.165) is 22.7 Å². The molecular formula is C32H23BO2. The molecule has 2 aromatic heterocycles. The lowest BCUT2D eigenvalue weighted by Gasteiger charge is -2.32. The van der Waals surface area contributed by atoms with Gasteiger partial charge < -0.3 is 8.83 Å². The van der Waals surface area contributed by atoms with Crippen LogP contribution in [0.4, 0.5) is 0 Å². The van der Waals surface area contributed by atoms with Crippen molar-refractivity contribution in [3.05, 3.63) is 89.4 Å². The summed E-state index contributed by atoms with van der Waals surface area (Å²) in [6.07, 6.45) is 0. The van der Waals surface area contributed by atoms with E-state index >= 15 is 0 Å². The molecule has 0 atom stereocenters. The van der Waals surface area contributed by atoms with Crippen LogP contribution >= 0.6 is 0 Å². The van der Waals surface area contributed by atoms with Crippen LogP contribution in [0.1, 0.15) is 22.6 Å². The Morgan fingerprint density at radius 3 is 1.60 bits per heavy atom. The minimum absolute atomic E-state index is 0.156. The molecule has 0 fully saturated rings. The Labute approximate surface area is 204 Å². The van der Waals surface area contributed by atoms with Gasteiger partial charge in [-0.25, -0.2) is 0 Å². The summed E-state index contributed by atoms with van der Waals surface area (Å²) in [5.74, 6) is 1.98. The van der Waals surface area contributed by atoms with E-state index in [4.69, 9.17) is 8.83 Å². The van der Waals surface area contributed by atoms with Crippen molar-refractivity contribution < 1.29 is 8.83 Å². The molecule has 0 saturated carbocycles. The van der Waals surface area contributed by atoms with Crippen LogP contribution in [0.3, 0.4) is 0 Å². The van der Waals surface area contributed by atoms with Crippen molar-refractivity contribution in [1.82, 2.24) is 0 Å². The van der Waals surface area contributed by atoms with Gasteiger partial charge in [0.1, 0.15) is 22.7 Å². The fourth-order valence-electron chi connectivity index (χ4n) is 6.80. The summed E-state index contributed by atoms with van der Waals surface area (Å²) in [5, 5.41) is 2.53. The van der Waals surface area contributed by atoms with Crippen molar-refractivity contribution in [2.45, 2.75) is 27.7 Å². The largest absolute Gasteiger partial charge is 0.461 e. The number of furan rings is 2. The maximum atomic E-state index is 6.41. The lowest BCUT2D eigenvalue weighted by molar-refractivity contribution is 0.579. The summed E-state index contributed by atoms with van der Waals surface area (Å²) in [4.78, 5) is 0. The van der Waals surface area contributed by atoms with Crippen molar-refractivity contribution in [3.63, 3.8) is 0 Å². The number of rotatable bonds is 1. The second kappa shape index (κ2) is 6.37. The third kappa shape index (κ3) is 2.36. The Hall–Kier alpha value is -3.98. The van der Waals surface area contributed by atoms with Crippen molar-refractivity contribution in [2.24, 2.45) is 0 Å². The Balaban J connectivity index is 1.63. The average Bonchev–Trinajstić information content (AvgIpc) is 3.35. The van der Waals surface area contributed by atoms with Gasteiger partial charge in [0, 0.05) is 21.9 Å². The lowest BCUT2D eigenvalue weighted by atomic mass is 9.31. The second-order valence-corrected chi connectivity index (χ2v) is 10.3. The standard InChI is InChI=1S/C32H23BO2/c1-16-10-24-30-26(12-16)34-18(3)28(30)22-14-21(20-8-6-5-7-9-20)15-23-29-19(4)35-27-13-17(2)11-25(31(27)29)33(24)32(22)23/h5-15H,1-4H3. The lowest BCUT2D eigenvalue weighted by Crippen LogP contribution is -2.57. The zero-order valence-electron chi connectivity index (χ0n) is 20.2. The Morgan fingerprint density at radius 2 is 1.09 bits per heavy atom. The number of fused-ring (bicyclic) bond motifs is 4. The molecule has 2 aliphatic rings. The first-order chi connectivity index (χ1) is 17.0. The minimum atomic E-state index is 0.156. The van der Waals surface area contributed by atoms with E-state index in [1.54, 1.807) is 0 Å². The summed E-state index contributed by atoms with van der Waals surface area (Å²) >= 11 is 0. The van der Waals surface area contributed by atoms with E-state index in [-0.39, 0.29) is 6.71 Å². The topological polar surface area (TPSA) is 26.3 Å². The molecule has 0 bridgehead atoms. The van der Waals surface area contributed by atoms with Crippen LogP contribution in [-0.4, -0.2) is 6.71 Å². The zero-order chi connectivity index (χ0) is 23.6. The minimum Gasteiger partial charge on any atom is -0.461 e. The molecule has 0 amide bonds. The quantitative estimate of drug-likeness (QED) is 0.265. The molecule has 4 aromatic carbocycles. The van der Waals surface area contributed by atoms with Crippen LogP contribution in [0.2, 0.25) is 0 Å². The van der Waals surface area contributed by atoms with Gasteiger partial charge in [0.2, 0.25) is 6.71 Å². The van der Waals surface area contributed by atoms with Gasteiger partial charge in [0.05, 0.1) is 0 Å². The van der Waals surface area contributed by atoms with E-state index in [9.17, 15) is 0 Å². The molecule has 8 rings (SSSR count). The SMILES string of the molecule is Cc1cc2c3c(c(C)oc3c1)-c1cc(-c3ccccc3)cc3c1B2c1cc(C)cc2oc(C)c-3c12. The van der Waals surface area contributed by atoms with Gasteiger partial charge in [-0.05, 0) is 85.3 Å². The summed E-state index contributed by atoms with van der Waals surface area (Å²) in [6, 6.07) is 24.6. The van der Waals surface area contributed by atoms with E-state index in [1.807, 2.05) is 0 Å². The Bertz CT molecular complexity index is 1770. The van der Waals surface area contributed by atoms with Gasteiger partial charge in [0.25, 0.3) is 0 Å². The predicted octanol–water partition coefficient (Wildman–Crippen LogP) is 6.56. The van der Waals surface area contributed by atoms with Gasteiger partial charge in [-0.2, -0.15) is 0 Å². The Kier molecular flexibility index (Phi) is 3.52. The smallest absolute Gasteiger partial charge is 0.244 e. The molecule has 0 spiro atoms. The van der Waals surface area contributed by atoms with Gasteiger partial charge in [-0.1, -0.05) is 58.9 Å². The normalized spacial score (nSPS) is 13.1. The number of hydrogen-bond acceptors (Lipinski definition) is 2. The maximum Gasteiger partial charge on any atom is 0.244 e. The molecule has 2 nitrogen and oxygen atoms in total. The van der Waals surface area contributed by atoms with Gasteiger partial charge in [-0.3, -0.25) is 0 Å². The van der Waals surface area contributed by atoms with Gasteiger partial charge >= 0.3 is 0 Å². The highest BCUT2D eigenvalue weighted by Gasteiger charge is 2.42. The second-order valence-electron chi connectivity index (χ2n) is 10.3. The molecule has 0 saturated heterocycles. The van der Waals surface area contributed by atoms with Crippen LogP contribution in [0.25, 0.3) is 55.3 Å². The molecule has 3 heteroatoms. The highest BCUT2D eigenvalue weighted by Crippen LogP contribution is 2.45. The molecule has 0 aliphatic carbocycles. The molecule has 0 N–H and O–H groups in total. The first-order valence-corrected chi connectivity index (χ1v) is 12.3. The Morgan fingerprint density at radius 1 is 0.571 bits per heavy atom. The van der Waals surface area contributed by atoms with E-state index in [2.05, 4.69) is 94.4 Å². The summed E-state index contributed by atoms with van der Waals surface area (Å²) < 4.78 is 12.8. The molecule has 2 aliphatic heterocycles. The summed E-state index contributed by atoms with van der Waals surface area (Å²) in [7, 11) is 0. The fraction of sp³-hybridized carbons (Fsp3) is 0.125. The van der Waals surface area contributed by atoms with Crippen LogP contribution in [0, 0.1) is 27.7 Å².